The third-order valence-corrected chi connectivity index (χ3v) is 7.57. The molecule has 0 N–H and O–H groups in total. The molecule has 2 heteroatoms. The summed E-state index contributed by atoms with van der Waals surface area (Å²) in [6, 6.07) is 10.4. The topological polar surface area (TPSA) is 0 Å². The quantitative estimate of drug-likeness (QED) is 0.321. The van der Waals surface area contributed by atoms with E-state index in [0.29, 0.717) is 17.0 Å². The zero-order valence-corrected chi connectivity index (χ0v) is 19.6. The number of hydrogen-bond donors (Lipinski definition) is 0. The molecule has 0 spiro atoms. The molecule has 0 amide bonds. The van der Waals surface area contributed by atoms with Gasteiger partial charge in [0.05, 0.1) is 5.56 Å². The van der Waals surface area contributed by atoms with Gasteiger partial charge in [-0.15, -0.1) is 6.58 Å². The van der Waals surface area contributed by atoms with Crippen LogP contribution in [0, 0.1) is 41.2 Å². The summed E-state index contributed by atoms with van der Waals surface area (Å²) >= 11 is 0. The molecule has 2 saturated carbocycles. The predicted octanol–water partition coefficient (Wildman–Crippen LogP) is 8.36. The number of fused-ring (bicyclic) bond motifs is 1. The summed E-state index contributed by atoms with van der Waals surface area (Å²) in [5, 5.41) is 0. The van der Waals surface area contributed by atoms with Crippen molar-refractivity contribution in [3.8, 4) is 11.8 Å². The van der Waals surface area contributed by atoms with Crippen LogP contribution in [0.4, 0.5) is 8.78 Å². The summed E-state index contributed by atoms with van der Waals surface area (Å²) in [7, 11) is 0. The predicted molar refractivity (Wildman–Crippen MR) is 133 cm³/mol. The van der Waals surface area contributed by atoms with Crippen LogP contribution in [0.25, 0.3) is 0 Å². The molecule has 0 saturated heterocycles. The van der Waals surface area contributed by atoms with Crippen molar-refractivity contribution in [3.05, 3.63) is 95.1 Å². The van der Waals surface area contributed by atoms with Crippen molar-refractivity contribution in [2.75, 3.05) is 0 Å². The van der Waals surface area contributed by atoms with Gasteiger partial charge in [-0.25, -0.2) is 8.78 Å². The molecule has 2 aromatic rings. The molecular formula is C31H34F2. The monoisotopic (exact) mass is 444 g/mol. The van der Waals surface area contributed by atoms with Gasteiger partial charge in [0.15, 0.2) is 0 Å². The molecule has 0 aliphatic heterocycles. The van der Waals surface area contributed by atoms with Crippen LogP contribution < -0.4 is 0 Å². The maximum absolute atomic E-state index is 15.0. The molecular weight excluding hydrogens is 410 g/mol. The average Bonchev–Trinajstić information content (AvgIpc) is 2.82. The Balaban J connectivity index is 1.42. The van der Waals surface area contributed by atoms with Crippen LogP contribution in [0.15, 0.2) is 61.2 Å². The molecule has 4 unspecified atom stereocenters. The average molecular weight is 445 g/mol. The van der Waals surface area contributed by atoms with Crippen LogP contribution in [-0.4, -0.2) is 0 Å². The first-order valence-electron chi connectivity index (χ1n) is 12.4. The second kappa shape index (κ2) is 11.0. The van der Waals surface area contributed by atoms with Crippen LogP contribution >= 0.6 is 0 Å². The van der Waals surface area contributed by atoms with E-state index in [0.717, 1.165) is 54.6 Å². The highest BCUT2D eigenvalue weighted by Gasteiger charge is 2.35. The zero-order chi connectivity index (χ0) is 23.2. The Morgan fingerprint density at radius 1 is 0.939 bits per heavy atom. The molecule has 2 aromatic carbocycles. The van der Waals surface area contributed by atoms with Gasteiger partial charge in [-0.2, -0.15) is 0 Å². The van der Waals surface area contributed by atoms with Gasteiger partial charge in [-0.3, -0.25) is 0 Å². The summed E-state index contributed by atoms with van der Waals surface area (Å²) in [6.07, 6.45) is 15.1. The van der Waals surface area contributed by atoms with E-state index >= 15 is 4.39 Å². The number of benzene rings is 2. The molecule has 2 aliphatic carbocycles. The number of allylic oxidation sites excluding steroid dienone is 3. The van der Waals surface area contributed by atoms with Gasteiger partial charge in [0.1, 0.15) is 11.6 Å². The molecule has 4 rings (SSSR count). The van der Waals surface area contributed by atoms with Crippen molar-refractivity contribution in [3.63, 3.8) is 0 Å². The van der Waals surface area contributed by atoms with Crippen LogP contribution in [0.3, 0.4) is 0 Å². The van der Waals surface area contributed by atoms with E-state index in [2.05, 4.69) is 37.5 Å². The number of halogens is 2. The lowest BCUT2D eigenvalue weighted by atomic mass is 9.64. The van der Waals surface area contributed by atoms with Crippen LogP contribution in [0.2, 0.25) is 0 Å². The molecule has 0 heterocycles. The Hall–Kier alpha value is -2.66. The van der Waals surface area contributed by atoms with Gasteiger partial charge in [-0.05, 0) is 117 Å². The van der Waals surface area contributed by atoms with Gasteiger partial charge in [0.25, 0.3) is 0 Å². The van der Waals surface area contributed by atoms with E-state index in [9.17, 15) is 4.39 Å². The number of rotatable bonds is 5. The fourth-order valence-electron chi connectivity index (χ4n) is 5.81. The van der Waals surface area contributed by atoms with Crippen LogP contribution in [-0.2, 0) is 6.42 Å². The van der Waals surface area contributed by atoms with E-state index < -0.39 is 0 Å². The molecule has 0 radical (unpaired) electrons. The molecule has 2 fully saturated rings. The minimum absolute atomic E-state index is 0.173. The smallest absolute Gasteiger partial charge is 0.139 e. The minimum Gasteiger partial charge on any atom is -0.207 e. The SMILES string of the molecule is C=CCCc1ccc(C#Cc2ccc(C3CCC4CC(/C=C/C)CCC4C3)c(F)c2)c(F)c1. The Bertz CT molecular complexity index is 1070. The Morgan fingerprint density at radius 2 is 1.76 bits per heavy atom. The zero-order valence-electron chi connectivity index (χ0n) is 19.6. The van der Waals surface area contributed by atoms with E-state index in [-0.39, 0.29) is 11.6 Å². The highest BCUT2D eigenvalue weighted by atomic mass is 19.1. The second-order valence-electron chi connectivity index (χ2n) is 9.76. The van der Waals surface area contributed by atoms with E-state index in [1.165, 1.54) is 37.8 Å². The van der Waals surface area contributed by atoms with Gasteiger partial charge in [0.2, 0.25) is 0 Å². The maximum atomic E-state index is 15.0. The highest BCUT2D eigenvalue weighted by Crippen LogP contribution is 2.48. The van der Waals surface area contributed by atoms with Crippen molar-refractivity contribution < 1.29 is 8.78 Å². The minimum atomic E-state index is -0.331. The summed E-state index contributed by atoms with van der Waals surface area (Å²) in [6.45, 7) is 5.81. The van der Waals surface area contributed by atoms with Gasteiger partial charge in [-0.1, -0.05) is 42.2 Å². The first-order chi connectivity index (χ1) is 16.1. The lowest BCUT2D eigenvalue weighted by Gasteiger charge is -2.41. The van der Waals surface area contributed by atoms with E-state index in [4.69, 9.17) is 0 Å². The molecule has 0 aromatic heterocycles. The van der Waals surface area contributed by atoms with Crippen molar-refractivity contribution in [2.45, 2.75) is 64.2 Å². The van der Waals surface area contributed by atoms with Crippen molar-refractivity contribution in [1.29, 1.82) is 0 Å². The van der Waals surface area contributed by atoms with Gasteiger partial charge >= 0.3 is 0 Å². The fraction of sp³-hybridized carbons (Fsp3) is 0.419. The van der Waals surface area contributed by atoms with E-state index in [1.807, 2.05) is 24.3 Å². The van der Waals surface area contributed by atoms with Crippen molar-refractivity contribution in [1.82, 2.24) is 0 Å². The third-order valence-electron chi connectivity index (χ3n) is 7.57. The lowest BCUT2D eigenvalue weighted by Crippen LogP contribution is -2.30. The summed E-state index contributed by atoms with van der Waals surface area (Å²) in [5.41, 5.74) is 2.69. The fourth-order valence-corrected chi connectivity index (χ4v) is 5.81. The Morgan fingerprint density at radius 3 is 2.52 bits per heavy atom. The molecule has 0 nitrogen and oxygen atoms in total. The molecule has 33 heavy (non-hydrogen) atoms. The first-order valence-corrected chi connectivity index (χ1v) is 12.4. The normalized spacial score (nSPS) is 24.7. The Kier molecular flexibility index (Phi) is 7.81. The Labute approximate surface area is 197 Å². The summed E-state index contributed by atoms with van der Waals surface area (Å²) in [4.78, 5) is 0. The molecule has 172 valence electrons. The van der Waals surface area contributed by atoms with E-state index in [1.54, 1.807) is 6.07 Å². The summed E-state index contributed by atoms with van der Waals surface area (Å²) in [5.74, 6) is 7.86. The van der Waals surface area contributed by atoms with Crippen molar-refractivity contribution >= 4 is 0 Å². The van der Waals surface area contributed by atoms with Crippen molar-refractivity contribution in [2.24, 2.45) is 17.8 Å². The summed E-state index contributed by atoms with van der Waals surface area (Å²) < 4.78 is 29.4. The molecule has 4 atom stereocenters. The number of aryl methyl sites for hydroxylation is 1. The van der Waals surface area contributed by atoms with Crippen LogP contribution in [0.1, 0.15) is 80.0 Å². The second-order valence-corrected chi connectivity index (χ2v) is 9.76. The molecule has 0 bridgehead atoms. The standard InChI is InChI=1S/C31H34F2/c1-3-5-7-23-8-12-25(30(32)19-23)13-9-24-11-17-29(31(33)20-24)28-16-15-26-18-22(6-4-2)10-14-27(26)21-28/h3-4,6,8,11-12,17,19-20,22,26-28H,1,5,7,10,14-16,18,21H2,2H3/b6-4+. The number of hydrogen-bond acceptors (Lipinski definition) is 0. The van der Waals surface area contributed by atoms with Crippen LogP contribution in [0.5, 0.6) is 0 Å². The third kappa shape index (κ3) is 5.83. The van der Waals surface area contributed by atoms with Gasteiger partial charge < -0.3 is 0 Å². The van der Waals surface area contributed by atoms with Gasteiger partial charge in [0, 0.05) is 5.56 Å². The molecule has 2 aliphatic rings. The maximum Gasteiger partial charge on any atom is 0.139 e. The lowest BCUT2D eigenvalue weighted by molar-refractivity contribution is 0.132. The largest absolute Gasteiger partial charge is 0.207 e. The highest BCUT2D eigenvalue weighted by molar-refractivity contribution is 5.45. The first kappa shape index (κ1) is 23.5.